The van der Waals surface area contributed by atoms with Crippen LogP contribution in [0.2, 0.25) is 0 Å². The summed E-state index contributed by atoms with van der Waals surface area (Å²) in [5.74, 6) is 1.59. The first-order valence-electron chi connectivity index (χ1n) is 6.41. The summed E-state index contributed by atoms with van der Waals surface area (Å²) in [5.41, 5.74) is 2.82. The summed E-state index contributed by atoms with van der Waals surface area (Å²) in [4.78, 5) is 4.22. The SMILES string of the molecule is COc1ccc(C)cc1[C@H](C)Nc1ccc(C#N)cn1. The van der Waals surface area contributed by atoms with E-state index in [0.717, 1.165) is 17.1 Å². The first-order chi connectivity index (χ1) is 9.63. The summed E-state index contributed by atoms with van der Waals surface area (Å²) in [6.07, 6.45) is 1.56. The van der Waals surface area contributed by atoms with E-state index in [2.05, 4.69) is 36.3 Å². The molecule has 0 bridgehead atoms. The van der Waals surface area contributed by atoms with Gasteiger partial charge in [-0.3, -0.25) is 0 Å². The third-order valence-electron chi connectivity index (χ3n) is 3.11. The molecule has 0 aliphatic carbocycles. The van der Waals surface area contributed by atoms with E-state index in [9.17, 15) is 0 Å². The molecule has 1 atom stereocenters. The van der Waals surface area contributed by atoms with Crippen molar-refractivity contribution in [1.29, 1.82) is 5.26 Å². The van der Waals surface area contributed by atoms with Crippen LogP contribution in [0.4, 0.5) is 5.82 Å². The van der Waals surface area contributed by atoms with E-state index in [0.29, 0.717) is 5.56 Å². The average Bonchev–Trinajstić information content (AvgIpc) is 2.48. The Morgan fingerprint density at radius 3 is 2.70 bits per heavy atom. The Kier molecular flexibility index (Phi) is 4.21. The molecule has 0 saturated heterocycles. The number of rotatable bonds is 4. The van der Waals surface area contributed by atoms with Gasteiger partial charge in [0.2, 0.25) is 0 Å². The van der Waals surface area contributed by atoms with Gasteiger partial charge in [-0.15, -0.1) is 0 Å². The van der Waals surface area contributed by atoms with Gasteiger partial charge >= 0.3 is 0 Å². The molecule has 0 fully saturated rings. The predicted molar refractivity (Wildman–Crippen MR) is 78.7 cm³/mol. The average molecular weight is 267 g/mol. The lowest BCUT2D eigenvalue weighted by Gasteiger charge is -2.18. The van der Waals surface area contributed by atoms with Gasteiger partial charge in [0.1, 0.15) is 17.6 Å². The van der Waals surface area contributed by atoms with Gasteiger partial charge in [-0.2, -0.15) is 5.26 Å². The zero-order valence-corrected chi connectivity index (χ0v) is 11.8. The van der Waals surface area contributed by atoms with Crippen LogP contribution in [0.3, 0.4) is 0 Å². The van der Waals surface area contributed by atoms with E-state index in [1.807, 2.05) is 12.1 Å². The topological polar surface area (TPSA) is 57.9 Å². The first-order valence-corrected chi connectivity index (χ1v) is 6.41. The molecule has 1 N–H and O–H groups in total. The van der Waals surface area contributed by atoms with Crippen molar-refractivity contribution in [3.8, 4) is 11.8 Å². The number of nitriles is 1. The van der Waals surface area contributed by atoms with Crippen LogP contribution in [0.1, 0.15) is 29.7 Å². The molecule has 0 aliphatic heterocycles. The molecule has 2 rings (SSSR count). The van der Waals surface area contributed by atoms with Crippen LogP contribution in [0.15, 0.2) is 36.5 Å². The van der Waals surface area contributed by atoms with Crippen LogP contribution in [0.25, 0.3) is 0 Å². The Hall–Kier alpha value is -2.54. The standard InChI is InChI=1S/C16H17N3O/c1-11-4-6-15(20-3)14(8-11)12(2)19-16-7-5-13(9-17)10-18-16/h4-8,10,12H,1-3H3,(H,18,19)/t12-/m0/s1. The zero-order valence-electron chi connectivity index (χ0n) is 11.8. The molecule has 4 heteroatoms. The second-order valence-electron chi connectivity index (χ2n) is 4.66. The van der Waals surface area contributed by atoms with Crippen LogP contribution in [0.5, 0.6) is 5.75 Å². The summed E-state index contributed by atoms with van der Waals surface area (Å²) in [7, 11) is 1.67. The van der Waals surface area contributed by atoms with E-state index in [1.54, 1.807) is 25.4 Å². The van der Waals surface area contributed by atoms with Crippen molar-refractivity contribution in [3.05, 3.63) is 53.2 Å². The lowest BCUT2D eigenvalue weighted by atomic mass is 10.0. The second kappa shape index (κ2) is 6.07. The highest BCUT2D eigenvalue weighted by Crippen LogP contribution is 2.28. The second-order valence-corrected chi connectivity index (χ2v) is 4.66. The minimum absolute atomic E-state index is 0.0604. The van der Waals surface area contributed by atoms with Crippen molar-refractivity contribution in [3.63, 3.8) is 0 Å². The number of nitrogens with zero attached hydrogens (tertiary/aromatic N) is 2. The fourth-order valence-electron chi connectivity index (χ4n) is 2.04. The summed E-state index contributed by atoms with van der Waals surface area (Å²) < 4.78 is 5.39. The largest absolute Gasteiger partial charge is 0.496 e. The molecule has 1 aromatic heterocycles. The third-order valence-corrected chi connectivity index (χ3v) is 3.11. The van der Waals surface area contributed by atoms with Crippen molar-refractivity contribution in [2.75, 3.05) is 12.4 Å². The van der Waals surface area contributed by atoms with Gasteiger partial charge < -0.3 is 10.1 Å². The zero-order chi connectivity index (χ0) is 14.5. The molecule has 102 valence electrons. The number of nitrogens with one attached hydrogen (secondary N) is 1. The van der Waals surface area contributed by atoms with Gasteiger partial charge in [-0.05, 0) is 32.0 Å². The minimum Gasteiger partial charge on any atom is -0.496 e. The summed E-state index contributed by atoms with van der Waals surface area (Å²) >= 11 is 0. The molecule has 0 unspecified atom stereocenters. The minimum atomic E-state index is 0.0604. The number of ether oxygens (including phenoxy) is 1. The Labute approximate surface area is 119 Å². The van der Waals surface area contributed by atoms with Crippen LogP contribution in [-0.4, -0.2) is 12.1 Å². The van der Waals surface area contributed by atoms with Gasteiger partial charge in [0.25, 0.3) is 0 Å². The quantitative estimate of drug-likeness (QED) is 0.921. The number of aromatic nitrogens is 1. The maximum atomic E-state index is 8.76. The van der Waals surface area contributed by atoms with E-state index < -0.39 is 0 Å². The van der Waals surface area contributed by atoms with Crippen molar-refractivity contribution >= 4 is 5.82 Å². The van der Waals surface area contributed by atoms with Crippen LogP contribution in [-0.2, 0) is 0 Å². The van der Waals surface area contributed by atoms with Crippen molar-refractivity contribution < 1.29 is 4.74 Å². The highest BCUT2D eigenvalue weighted by Gasteiger charge is 2.12. The smallest absolute Gasteiger partial charge is 0.126 e. The highest BCUT2D eigenvalue weighted by atomic mass is 16.5. The first kappa shape index (κ1) is 13.9. The van der Waals surface area contributed by atoms with Gasteiger partial charge in [-0.25, -0.2) is 4.98 Å². The number of methoxy groups -OCH3 is 1. The number of pyridine rings is 1. The Morgan fingerprint density at radius 1 is 1.30 bits per heavy atom. The van der Waals surface area contributed by atoms with Crippen molar-refractivity contribution in [2.45, 2.75) is 19.9 Å². The molecule has 0 aliphatic rings. The van der Waals surface area contributed by atoms with Crippen LogP contribution < -0.4 is 10.1 Å². The molecule has 1 aromatic carbocycles. The number of aryl methyl sites for hydroxylation is 1. The number of anilines is 1. The van der Waals surface area contributed by atoms with Crippen LogP contribution in [0, 0.1) is 18.3 Å². The number of benzene rings is 1. The fourth-order valence-corrected chi connectivity index (χ4v) is 2.04. The lowest BCUT2D eigenvalue weighted by molar-refractivity contribution is 0.408. The summed E-state index contributed by atoms with van der Waals surface area (Å²) in [6.45, 7) is 4.10. The number of hydrogen-bond donors (Lipinski definition) is 1. The summed E-state index contributed by atoms with van der Waals surface area (Å²) in [6, 6.07) is 11.8. The highest BCUT2D eigenvalue weighted by molar-refractivity contribution is 5.45. The van der Waals surface area contributed by atoms with E-state index in [1.165, 1.54) is 5.56 Å². The molecule has 2 aromatic rings. The van der Waals surface area contributed by atoms with Gasteiger partial charge in [0.15, 0.2) is 0 Å². The van der Waals surface area contributed by atoms with E-state index in [4.69, 9.17) is 10.00 Å². The number of hydrogen-bond acceptors (Lipinski definition) is 4. The molecule has 0 spiro atoms. The molecule has 4 nitrogen and oxygen atoms in total. The Morgan fingerprint density at radius 2 is 2.10 bits per heavy atom. The Bertz CT molecular complexity index is 629. The lowest BCUT2D eigenvalue weighted by Crippen LogP contribution is -2.09. The van der Waals surface area contributed by atoms with E-state index >= 15 is 0 Å². The maximum Gasteiger partial charge on any atom is 0.126 e. The molecular weight excluding hydrogens is 250 g/mol. The molecule has 0 amide bonds. The summed E-state index contributed by atoms with van der Waals surface area (Å²) in [5, 5.41) is 12.1. The molecule has 0 saturated carbocycles. The van der Waals surface area contributed by atoms with Crippen molar-refractivity contribution in [2.24, 2.45) is 0 Å². The third kappa shape index (κ3) is 3.07. The fraction of sp³-hybridized carbons (Fsp3) is 0.250. The molecule has 20 heavy (non-hydrogen) atoms. The van der Waals surface area contributed by atoms with Crippen molar-refractivity contribution in [1.82, 2.24) is 4.98 Å². The molecule has 0 radical (unpaired) electrons. The monoisotopic (exact) mass is 267 g/mol. The van der Waals surface area contributed by atoms with E-state index in [-0.39, 0.29) is 6.04 Å². The Balaban J connectivity index is 2.21. The predicted octanol–water partition coefficient (Wildman–Crippen LogP) is 3.44. The van der Waals surface area contributed by atoms with Gasteiger partial charge in [0, 0.05) is 11.8 Å². The van der Waals surface area contributed by atoms with Crippen LogP contribution >= 0.6 is 0 Å². The normalized spacial score (nSPS) is 11.5. The van der Waals surface area contributed by atoms with Gasteiger partial charge in [0.05, 0.1) is 18.7 Å². The molecular formula is C16H17N3O. The maximum absolute atomic E-state index is 8.76. The molecule has 1 heterocycles. The van der Waals surface area contributed by atoms with Gasteiger partial charge in [-0.1, -0.05) is 17.7 Å².